The first-order valence-electron chi connectivity index (χ1n) is 9.31. The molecule has 2 saturated heterocycles. The Hall–Kier alpha value is -1.88. The van der Waals surface area contributed by atoms with Gasteiger partial charge in [0.05, 0.1) is 17.4 Å². The number of carbonyl (C=O) groups excluding carboxylic acids is 1. The molecule has 1 aliphatic carbocycles. The van der Waals surface area contributed by atoms with Gasteiger partial charge < -0.3 is 14.7 Å². The van der Waals surface area contributed by atoms with Crippen molar-refractivity contribution in [3.05, 3.63) is 35.9 Å². The standard InChI is InChI=1S/C20H25NO4/c22-18(23)16-8-13-25-17(16)14-6-11-21(12-7-14)19(24)20(9-10-20)15-4-2-1-3-5-15/h1-5,14,16-17H,6-13H2,(H,22,23)/t16?,17-/m0/s1. The van der Waals surface area contributed by atoms with E-state index in [0.717, 1.165) is 31.2 Å². The van der Waals surface area contributed by atoms with E-state index in [4.69, 9.17) is 4.74 Å². The minimum Gasteiger partial charge on any atom is -0.481 e. The molecule has 0 spiro atoms. The Bertz CT molecular complexity index is 647. The molecular weight excluding hydrogens is 318 g/mol. The average molecular weight is 343 g/mol. The molecule has 2 aliphatic heterocycles. The summed E-state index contributed by atoms with van der Waals surface area (Å²) in [5.74, 6) is -0.632. The van der Waals surface area contributed by atoms with Crippen LogP contribution in [0.3, 0.4) is 0 Å². The van der Waals surface area contributed by atoms with Crippen molar-refractivity contribution in [2.45, 2.75) is 43.6 Å². The van der Waals surface area contributed by atoms with Crippen LogP contribution in [-0.2, 0) is 19.7 Å². The zero-order chi connectivity index (χ0) is 17.4. The number of aliphatic carboxylic acids is 1. The van der Waals surface area contributed by atoms with Gasteiger partial charge in [-0.05, 0) is 43.6 Å². The Balaban J connectivity index is 1.39. The Morgan fingerprint density at radius 2 is 1.76 bits per heavy atom. The molecule has 1 N–H and O–H groups in total. The second-order valence-corrected chi connectivity index (χ2v) is 7.65. The fourth-order valence-corrected chi connectivity index (χ4v) is 4.58. The van der Waals surface area contributed by atoms with E-state index in [0.29, 0.717) is 26.1 Å². The van der Waals surface area contributed by atoms with E-state index in [1.54, 1.807) is 0 Å². The van der Waals surface area contributed by atoms with Crippen molar-refractivity contribution in [1.82, 2.24) is 4.90 Å². The molecule has 2 atom stereocenters. The molecule has 3 fully saturated rings. The van der Waals surface area contributed by atoms with Gasteiger partial charge in [-0.25, -0.2) is 0 Å². The zero-order valence-electron chi connectivity index (χ0n) is 14.4. The highest BCUT2D eigenvalue weighted by Gasteiger charge is 2.53. The monoisotopic (exact) mass is 343 g/mol. The molecule has 0 aromatic heterocycles. The number of amides is 1. The van der Waals surface area contributed by atoms with Crippen LogP contribution >= 0.6 is 0 Å². The summed E-state index contributed by atoms with van der Waals surface area (Å²) in [6, 6.07) is 10.1. The largest absolute Gasteiger partial charge is 0.481 e. The van der Waals surface area contributed by atoms with Crippen LogP contribution in [0.25, 0.3) is 0 Å². The van der Waals surface area contributed by atoms with Gasteiger partial charge >= 0.3 is 5.97 Å². The smallest absolute Gasteiger partial charge is 0.309 e. The summed E-state index contributed by atoms with van der Waals surface area (Å²) in [6.45, 7) is 1.96. The van der Waals surface area contributed by atoms with Crippen molar-refractivity contribution >= 4 is 11.9 Å². The van der Waals surface area contributed by atoms with Gasteiger partial charge in [0.1, 0.15) is 0 Å². The highest BCUT2D eigenvalue weighted by molar-refractivity contribution is 5.91. The van der Waals surface area contributed by atoms with Crippen molar-refractivity contribution in [3.8, 4) is 0 Å². The Morgan fingerprint density at radius 3 is 2.36 bits per heavy atom. The molecule has 4 rings (SSSR count). The van der Waals surface area contributed by atoms with Gasteiger partial charge in [-0.2, -0.15) is 0 Å². The number of rotatable bonds is 4. The lowest BCUT2D eigenvalue weighted by atomic mass is 9.83. The van der Waals surface area contributed by atoms with Crippen molar-refractivity contribution in [2.75, 3.05) is 19.7 Å². The minimum absolute atomic E-state index is 0.182. The lowest BCUT2D eigenvalue weighted by molar-refractivity contribution is -0.146. The van der Waals surface area contributed by atoms with Crippen LogP contribution in [0.15, 0.2) is 30.3 Å². The summed E-state index contributed by atoms with van der Waals surface area (Å²) in [5, 5.41) is 9.35. The number of ether oxygens (including phenoxy) is 1. The van der Waals surface area contributed by atoms with E-state index < -0.39 is 5.97 Å². The Kier molecular flexibility index (Phi) is 4.28. The molecule has 5 heteroatoms. The fraction of sp³-hybridized carbons (Fsp3) is 0.600. The predicted octanol–water partition coefficient (Wildman–Crippen LogP) is 2.45. The van der Waals surface area contributed by atoms with Gasteiger partial charge in [0, 0.05) is 19.7 Å². The number of benzene rings is 1. The first kappa shape index (κ1) is 16.6. The Labute approximate surface area is 148 Å². The van der Waals surface area contributed by atoms with Crippen LogP contribution in [0.5, 0.6) is 0 Å². The number of carboxylic acid groups (broad SMARTS) is 1. The number of likely N-dealkylation sites (tertiary alicyclic amines) is 1. The summed E-state index contributed by atoms with van der Waals surface area (Å²) in [4.78, 5) is 26.5. The van der Waals surface area contributed by atoms with Gasteiger partial charge in [-0.3, -0.25) is 9.59 Å². The van der Waals surface area contributed by atoms with E-state index in [1.165, 1.54) is 0 Å². The van der Waals surface area contributed by atoms with E-state index in [1.807, 2.05) is 23.1 Å². The minimum atomic E-state index is -0.748. The van der Waals surface area contributed by atoms with E-state index in [-0.39, 0.29) is 29.3 Å². The summed E-state index contributed by atoms with van der Waals surface area (Å²) in [6.07, 6.45) is 3.97. The molecular formula is C20H25NO4. The summed E-state index contributed by atoms with van der Waals surface area (Å²) in [7, 11) is 0. The second kappa shape index (κ2) is 6.45. The molecule has 1 unspecified atom stereocenters. The SMILES string of the molecule is O=C(O)C1CCO[C@H]1C1CCN(C(=O)C2(c3ccccc3)CC2)CC1. The third-order valence-electron chi connectivity index (χ3n) is 6.23. The number of nitrogens with zero attached hydrogens (tertiary/aromatic N) is 1. The second-order valence-electron chi connectivity index (χ2n) is 7.65. The fourth-order valence-electron chi connectivity index (χ4n) is 4.58. The van der Waals surface area contributed by atoms with E-state index in [2.05, 4.69) is 12.1 Å². The average Bonchev–Trinajstić information content (AvgIpc) is 3.31. The summed E-state index contributed by atoms with van der Waals surface area (Å²) in [5.41, 5.74) is 0.828. The van der Waals surface area contributed by atoms with Gasteiger partial charge in [-0.15, -0.1) is 0 Å². The predicted molar refractivity (Wildman–Crippen MR) is 92.1 cm³/mol. The molecule has 1 amide bonds. The molecule has 5 nitrogen and oxygen atoms in total. The molecule has 1 aromatic carbocycles. The summed E-state index contributed by atoms with van der Waals surface area (Å²) < 4.78 is 5.73. The molecule has 1 aromatic rings. The van der Waals surface area contributed by atoms with Gasteiger partial charge in [0.15, 0.2) is 0 Å². The van der Waals surface area contributed by atoms with Crippen molar-refractivity contribution in [3.63, 3.8) is 0 Å². The third-order valence-corrected chi connectivity index (χ3v) is 6.23. The normalized spacial score (nSPS) is 28.7. The maximum atomic E-state index is 13.1. The molecule has 2 heterocycles. The maximum absolute atomic E-state index is 13.1. The lowest BCUT2D eigenvalue weighted by Gasteiger charge is -2.37. The number of hydrogen-bond acceptors (Lipinski definition) is 3. The number of carbonyl (C=O) groups is 2. The van der Waals surface area contributed by atoms with Crippen molar-refractivity contribution in [2.24, 2.45) is 11.8 Å². The highest BCUT2D eigenvalue weighted by atomic mass is 16.5. The van der Waals surface area contributed by atoms with Crippen LogP contribution in [0.1, 0.15) is 37.7 Å². The molecule has 0 bridgehead atoms. The number of hydrogen-bond donors (Lipinski definition) is 1. The first-order chi connectivity index (χ1) is 12.1. The summed E-state index contributed by atoms with van der Waals surface area (Å²) >= 11 is 0. The van der Waals surface area contributed by atoms with Gasteiger partial charge in [-0.1, -0.05) is 30.3 Å². The van der Waals surface area contributed by atoms with Crippen LogP contribution in [0, 0.1) is 11.8 Å². The lowest BCUT2D eigenvalue weighted by Crippen LogP contribution is -2.46. The van der Waals surface area contributed by atoms with Crippen molar-refractivity contribution in [1.29, 1.82) is 0 Å². The van der Waals surface area contributed by atoms with Crippen LogP contribution in [0.2, 0.25) is 0 Å². The Morgan fingerprint density at radius 1 is 1.08 bits per heavy atom. The molecule has 3 aliphatic rings. The van der Waals surface area contributed by atoms with Crippen LogP contribution in [-0.4, -0.2) is 47.7 Å². The maximum Gasteiger partial charge on any atom is 0.309 e. The molecule has 134 valence electrons. The van der Waals surface area contributed by atoms with Crippen molar-refractivity contribution < 1.29 is 19.4 Å². The third kappa shape index (κ3) is 2.95. The quantitative estimate of drug-likeness (QED) is 0.912. The molecule has 0 radical (unpaired) electrons. The highest BCUT2D eigenvalue weighted by Crippen LogP contribution is 2.50. The number of carboxylic acids is 1. The zero-order valence-corrected chi connectivity index (χ0v) is 14.4. The molecule has 25 heavy (non-hydrogen) atoms. The van der Waals surface area contributed by atoms with Crippen LogP contribution < -0.4 is 0 Å². The van der Waals surface area contributed by atoms with Gasteiger partial charge in [0.2, 0.25) is 5.91 Å². The first-order valence-corrected chi connectivity index (χ1v) is 9.31. The van der Waals surface area contributed by atoms with E-state index in [9.17, 15) is 14.7 Å². The van der Waals surface area contributed by atoms with Gasteiger partial charge in [0.25, 0.3) is 0 Å². The number of piperidine rings is 1. The van der Waals surface area contributed by atoms with Crippen LogP contribution in [0.4, 0.5) is 0 Å². The topological polar surface area (TPSA) is 66.8 Å². The van der Waals surface area contributed by atoms with E-state index >= 15 is 0 Å². The molecule has 1 saturated carbocycles.